The quantitative estimate of drug-likeness (QED) is 0.809. The molecule has 8 heteroatoms. The van der Waals surface area contributed by atoms with E-state index in [4.69, 9.17) is 0 Å². The molecule has 1 aromatic carbocycles. The number of hydrogen-bond acceptors (Lipinski definition) is 5. The van der Waals surface area contributed by atoms with Crippen molar-refractivity contribution in [1.82, 2.24) is 14.9 Å². The highest BCUT2D eigenvalue weighted by Gasteiger charge is 2.20. The average molecular weight is 309 g/mol. The summed E-state index contributed by atoms with van der Waals surface area (Å²) in [7, 11) is -2.51. The number of benzene rings is 1. The minimum Gasteiger partial charge on any atom is -0.465 e. The number of carbonyl (C=O) groups excluding carboxylic acids is 1. The number of rotatable bonds is 5. The topological polar surface area (TPSA) is 101 Å². The smallest absolute Gasteiger partial charge is 0.337 e. The van der Waals surface area contributed by atoms with Crippen LogP contribution in [0.15, 0.2) is 41.6 Å². The van der Waals surface area contributed by atoms with Gasteiger partial charge >= 0.3 is 5.97 Å². The molecular formula is C13H15N3O4S. The molecule has 7 nitrogen and oxygen atoms in total. The van der Waals surface area contributed by atoms with Gasteiger partial charge in [0.1, 0.15) is 0 Å². The lowest BCUT2D eigenvalue weighted by atomic mass is 10.2. The first-order valence-electron chi connectivity index (χ1n) is 6.13. The van der Waals surface area contributed by atoms with Gasteiger partial charge in [-0.3, -0.25) is 5.10 Å². The second-order valence-corrected chi connectivity index (χ2v) is 6.11. The Labute approximate surface area is 122 Å². The number of nitrogens with one attached hydrogen (secondary N) is 2. The highest BCUT2D eigenvalue weighted by atomic mass is 32.2. The van der Waals surface area contributed by atoms with Crippen molar-refractivity contribution < 1.29 is 17.9 Å². The van der Waals surface area contributed by atoms with Gasteiger partial charge in [0.2, 0.25) is 10.0 Å². The molecule has 0 aliphatic rings. The molecule has 0 saturated carbocycles. The number of ether oxygens (including phenoxy) is 1. The molecule has 2 aromatic rings. The molecular weight excluding hydrogens is 294 g/mol. The number of nitrogens with zero attached hydrogens (tertiary/aromatic N) is 1. The van der Waals surface area contributed by atoms with Gasteiger partial charge in [-0.15, -0.1) is 0 Å². The summed E-state index contributed by atoms with van der Waals surface area (Å²) in [5.74, 6) is -0.588. The van der Waals surface area contributed by atoms with E-state index in [-0.39, 0.29) is 10.5 Å². The Morgan fingerprint density at radius 2 is 2.19 bits per heavy atom. The largest absolute Gasteiger partial charge is 0.465 e. The van der Waals surface area contributed by atoms with Crippen LogP contribution in [0.3, 0.4) is 0 Å². The van der Waals surface area contributed by atoms with Crippen molar-refractivity contribution in [2.45, 2.75) is 17.9 Å². The Balaban J connectivity index is 2.25. The standard InChI is InChI=1S/C13H15N3O4S/c1-9(11-7-14-15-8-11)16-21(18,19)12-5-3-4-10(6-12)13(17)20-2/h3-9,16H,1-2H3,(H,14,15). The first-order valence-corrected chi connectivity index (χ1v) is 7.62. The lowest BCUT2D eigenvalue weighted by Crippen LogP contribution is -2.26. The van der Waals surface area contributed by atoms with Gasteiger partial charge in [-0.05, 0) is 25.1 Å². The fourth-order valence-corrected chi connectivity index (χ4v) is 3.05. The highest BCUT2D eigenvalue weighted by Crippen LogP contribution is 2.17. The maximum atomic E-state index is 12.3. The van der Waals surface area contributed by atoms with Gasteiger partial charge in [0.15, 0.2) is 0 Å². The molecule has 21 heavy (non-hydrogen) atoms. The summed E-state index contributed by atoms with van der Waals surface area (Å²) in [5, 5.41) is 6.40. The molecule has 1 unspecified atom stereocenters. The third-order valence-corrected chi connectivity index (χ3v) is 4.46. The zero-order valence-electron chi connectivity index (χ0n) is 11.5. The minimum absolute atomic E-state index is 0.000690. The summed E-state index contributed by atoms with van der Waals surface area (Å²) in [4.78, 5) is 11.5. The van der Waals surface area contributed by atoms with E-state index in [0.717, 1.165) is 0 Å². The molecule has 0 spiro atoms. The molecule has 0 fully saturated rings. The Hall–Kier alpha value is -2.19. The lowest BCUT2D eigenvalue weighted by molar-refractivity contribution is 0.0600. The van der Waals surface area contributed by atoms with E-state index in [2.05, 4.69) is 19.7 Å². The van der Waals surface area contributed by atoms with Crippen LogP contribution in [0.25, 0.3) is 0 Å². The number of methoxy groups -OCH3 is 1. The Morgan fingerprint density at radius 3 is 2.81 bits per heavy atom. The summed E-state index contributed by atoms with van der Waals surface area (Å²) < 4.78 is 31.7. The summed E-state index contributed by atoms with van der Waals surface area (Å²) in [6.45, 7) is 1.70. The number of sulfonamides is 1. The lowest BCUT2D eigenvalue weighted by Gasteiger charge is -2.13. The third-order valence-electron chi connectivity index (χ3n) is 2.92. The van der Waals surface area contributed by atoms with Gasteiger partial charge < -0.3 is 4.74 Å². The number of hydrogen-bond donors (Lipinski definition) is 2. The van der Waals surface area contributed by atoms with Gasteiger partial charge in [0.25, 0.3) is 0 Å². The second-order valence-electron chi connectivity index (χ2n) is 4.39. The first-order chi connectivity index (χ1) is 9.94. The minimum atomic E-state index is -3.75. The zero-order valence-corrected chi connectivity index (χ0v) is 12.3. The predicted octanol–water partition coefficient (Wildman–Crippen LogP) is 1.24. The van der Waals surface area contributed by atoms with Crippen molar-refractivity contribution in [2.24, 2.45) is 0 Å². The summed E-state index contributed by atoms with van der Waals surface area (Å²) >= 11 is 0. The van der Waals surface area contributed by atoms with E-state index in [1.54, 1.807) is 13.1 Å². The predicted molar refractivity (Wildman–Crippen MR) is 75.1 cm³/mol. The average Bonchev–Trinajstić information content (AvgIpc) is 3.00. The summed E-state index contributed by atoms with van der Waals surface area (Å²) in [5.41, 5.74) is 0.888. The van der Waals surface area contributed by atoms with Crippen LogP contribution in [-0.4, -0.2) is 31.7 Å². The van der Waals surface area contributed by atoms with E-state index in [9.17, 15) is 13.2 Å². The van der Waals surface area contributed by atoms with Crippen LogP contribution in [0.1, 0.15) is 28.9 Å². The second kappa shape index (κ2) is 6.06. The van der Waals surface area contributed by atoms with E-state index in [1.807, 2.05) is 0 Å². The molecule has 0 bridgehead atoms. The Morgan fingerprint density at radius 1 is 1.43 bits per heavy atom. The van der Waals surface area contributed by atoms with Crippen molar-refractivity contribution in [2.75, 3.05) is 7.11 Å². The number of carbonyl (C=O) groups is 1. The van der Waals surface area contributed by atoms with Gasteiger partial charge in [-0.2, -0.15) is 5.10 Å². The van der Waals surface area contributed by atoms with Crippen molar-refractivity contribution in [3.05, 3.63) is 47.8 Å². The first kappa shape index (κ1) is 15.2. The molecule has 2 N–H and O–H groups in total. The van der Waals surface area contributed by atoms with Gasteiger partial charge in [-0.1, -0.05) is 6.07 Å². The molecule has 0 aliphatic carbocycles. The molecule has 1 aromatic heterocycles. The molecule has 1 atom stereocenters. The van der Waals surface area contributed by atoms with Crippen molar-refractivity contribution in [3.8, 4) is 0 Å². The molecule has 0 amide bonds. The maximum absolute atomic E-state index is 12.3. The number of aromatic amines is 1. The van der Waals surface area contributed by atoms with E-state index in [0.29, 0.717) is 5.56 Å². The van der Waals surface area contributed by atoms with Crippen LogP contribution in [0.2, 0.25) is 0 Å². The fraction of sp³-hybridized carbons (Fsp3) is 0.231. The summed E-state index contributed by atoms with van der Waals surface area (Å²) in [6, 6.07) is 5.22. The van der Waals surface area contributed by atoms with Crippen molar-refractivity contribution in [1.29, 1.82) is 0 Å². The van der Waals surface area contributed by atoms with Gasteiger partial charge in [0, 0.05) is 17.8 Å². The van der Waals surface area contributed by atoms with E-state index >= 15 is 0 Å². The SMILES string of the molecule is COC(=O)c1cccc(S(=O)(=O)NC(C)c2cn[nH]c2)c1. The van der Waals surface area contributed by atoms with Crippen LogP contribution in [0.4, 0.5) is 0 Å². The van der Waals surface area contributed by atoms with Crippen molar-refractivity contribution >= 4 is 16.0 Å². The summed E-state index contributed by atoms with van der Waals surface area (Å²) in [6.07, 6.45) is 3.15. The van der Waals surface area contributed by atoms with Crippen LogP contribution in [-0.2, 0) is 14.8 Å². The molecule has 1 heterocycles. The normalized spacial score (nSPS) is 12.9. The van der Waals surface area contributed by atoms with Crippen molar-refractivity contribution in [3.63, 3.8) is 0 Å². The van der Waals surface area contributed by atoms with Gasteiger partial charge in [0.05, 0.1) is 23.8 Å². The van der Waals surface area contributed by atoms with Crippen LogP contribution >= 0.6 is 0 Å². The third kappa shape index (κ3) is 3.47. The molecule has 0 saturated heterocycles. The molecule has 0 radical (unpaired) electrons. The molecule has 2 rings (SSSR count). The van der Waals surface area contributed by atoms with Gasteiger partial charge in [-0.25, -0.2) is 17.9 Å². The van der Waals surface area contributed by atoms with Crippen LogP contribution in [0, 0.1) is 0 Å². The highest BCUT2D eigenvalue weighted by molar-refractivity contribution is 7.89. The number of aromatic nitrogens is 2. The fourth-order valence-electron chi connectivity index (χ4n) is 1.77. The molecule has 112 valence electrons. The Bertz CT molecular complexity index is 726. The van der Waals surface area contributed by atoms with Crippen LogP contribution in [0.5, 0.6) is 0 Å². The van der Waals surface area contributed by atoms with E-state index < -0.39 is 22.0 Å². The van der Waals surface area contributed by atoms with Crippen LogP contribution < -0.4 is 4.72 Å². The molecule has 0 aliphatic heterocycles. The zero-order chi connectivity index (χ0) is 15.5. The maximum Gasteiger partial charge on any atom is 0.337 e. The monoisotopic (exact) mass is 309 g/mol. The van der Waals surface area contributed by atoms with E-state index in [1.165, 1.54) is 37.6 Å². The Kier molecular flexibility index (Phi) is 4.39. The number of H-pyrrole nitrogens is 1. The number of esters is 1.